The molecule has 9 nitrogen and oxygen atoms in total. The molecular weight excluding hydrogens is 558 g/mol. The lowest BCUT2D eigenvalue weighted by Crippen LogP contribution is -2.65. The summed E-state index contributed by atoms with van der Waals surface area (Å²) in [7, 11) is 0. The maximum Gasteiger partial charge on any atom is 0.253 e. The Morgan fingerprint density at radius 2 is 1.49 bits per heavy atom. The molecule has 2 aromatic carbocycles. The number of nitrogens with zero attached hydrogens (tertiary/aromatic N) is 1. The smallest absolute Gasteiger partial charge is 0.253 e. The minimum Gasteiger partial charge on any atom is -0.390 e. The third-order valence-corrected chi connectivity index (χ3v) is 6.75. The van der Waals surface area contributed by atoms with Crippen LogP contribution in [0, 0.1) is 18.6 Å². The van der Waals surface area contributed by atoms with Crippen LogP contribution in [0.4, 0.5) is 8.78 Å². The van der Waals surface area contributed by atoms with Crippen LogP contribution in [0.25, 0.3) is 0 Å². The summed E-state index contributed by atoms with van der Waals surface area (Å²) < 4.78 is 27.9. The van der Waals surface area contributed by atoms with Gasteiger partial charge in [0.15, 0.2) is 5.72 Å². The summed E-state index contributed by atoms with van der Waals surface area (Å²) in [5.74, 6) is -3.63. The Morgan fingerprint density at radius 1 is 0.951 bits per heavy atom. The largest absolute Gasteiger partial charge is 0.390 e. The van der Waals surface area contributed by atoms with Crippen molar-refractivity contribution in [1.29, 1.82) is 0 Å². The lowest BCUT2D eigenvalue weighted by atomic mass is 9.87. The van der Waals surface area contributed by atoms with Gasteiger partial charge in [-0.3, -0.25) is 9.59 Å². The van der Waals surface area contributed by atoms with Crippen molar-refractivity contribution in [1.82, 2.24) is 10.2 Å². The molecule has 228 valence electrons. The van der Waals surface area contributed by atoms with E-state index in [1.54, 1.807) is 24.8 Å². The molecule has 0 saturated heterocycles. The highest BCUT2D eigenvalue weighted by Gasteiger charge is 2.50. The standard InChI is InChI=1S/C29H40F2N2O7S/c1-5-7-33(8-6-2)28(39)20-10-16(3)9-19(12-20)27(38)32-29(40,26(37)24(35)23(34)11-17(4)41)25(36)18-13-21(30)15-22(31)14-18/h9-10,12-15,17,23-26,34-37,40-41H,5-8,11H2,1-4H3,(H,32,38). The molecule has 0 fully saturated rings. The van der Waals surface area contributed by atoms with E-state index in [2.05, 4.69) is 17.9 Å². The van der Waals surface area contributed by atoms with Gasteiger partial charge in [0.05, 0.1) is 6.10 Å². The fraction of sp³-hybridized carbons (Fsp3) is 0.517. The van der Waals surface area contributed by atoms with Crippen LogP contribution in [0.5, 0.6) is 0 Å². The first kappa shape index (κ1) is 34.6. The van der Waals surface area contributed by atoms with Gasteiger partial charge in [-0.2, -0.15) is 12.6 Å². The van der Waals surface area contributed by atoms with Gasteiger partial charge in [-0.25, -0.2) is 8.78 Å². The Balaban J connectivity index is 2.54. The molecule has 0 saturated carbocycles. The van der Waals surface area contributed by atoms with E-state index in [0.29, 0.717) is 49.7 Å². The molecule has 6 N–H and O–H groups in total. The number of aryl methyl sites for hydroxylation is 1. The van der Waals surface area contributed by atoms with Gasteiger partial charge in [0.25, 0.3) is 11.8 Å². The number of benzene rings is 2. The summed E-state index contributed by atoms with van der Waals surface area (Å²) in [4.78, 5) is 28.2. The van der Waals surface area contributed by atoms with Crippen LogP contribution in [-0.4, -0.2) is 84.6 Å². The fourth-order valence-electron chi connectivity index (χ4n) is 4.58. The second-order valence-corrected chi connectivity index (χ2v) is 11.2. The number of carbonyl (C=O) groups is 2. The van der Waals surface area contributed by atoms with E-state index in [0.717, 1.165) is 0 Å². The second-order valence-electron chi connectivity index (χ2n) is 10.4. The molecule has 0 heterocycles. The van der Waals surface area contributed by atoms with E-state index >= 15 is 0 Å². The summed E-state index contributed by atoms with van der Waals surface area (Å²) in [6.45, 7) is 8.08. The molecule has 0 radical (unpaired) electrons. The molecule has 0 aliphatic rings. The van der Waals surface area contributed by atoms with Crippen LogP contribution in [0.2, 0.25) is 0 Å². The van der Waals surface area contributed by atoms with Crippen LogP contribution < -0.4 is 5.32 Å². The number of hydrogen-bond donors (Lipinski definition) is 7. The third-order valence-electron chi connectivity index (χ3n) is 6.54. The van der Waals surface area contributed by atoms with Crippen molar-refractivity contribution in [2.45, 2.75) is 82.3 Å². The first-order valence-corrected chi connectivity index (χ1v) is 14.0. The lowest BCUT2D eigenvalue weighted by molar-refractivity contribution is -0.205. The SMILES string of the molecule is CCCN(CCC)C(=O)c1cc(C)cc(C(=O)NC(O)(C(O)c2cc(F)cc(F)c2)C(O)C(O)C(O)CC(C)S)c1. The van der Waals surface area contributed by atoms with E-state index in [1.807, 2.05) is 13.8 Å². The number of carbonyl (C=O) groups excluding carboxylic acids is 2. The van der Waals surface area contributed by atoms with Crippen molar-refractivity contribution in [3.63, 3.8) is 0 Å². The van der Waals surface area contributed by atoms with Crippen molar-refractivity contribution >= 4 is 24.4 Å². The van der Waals surface area contributed by atoms with Crippen LogP contribution >= 0.6 is 12.6 Å². The first-order valence-electron chi connectivity index (χ1n) is 13.5. The Bertz CT molecular complexity index is 1180. The fourth-order valence-corrected chi connectivity index (χ4v) is 4.80. The van der Waals surface area contributed by atoms with E-state index in [-0.39, 0.29) is 23.5 Å². The maximum atomic E-state index is 14.0. The number of hydrogen-bond acceptors (Lipinski definition) is 8. The van der Waals surface area contributed by atoms with Crippen LogP contribution in [0.15, 0.2) is 36.4 Å². The Hall–Kier alpha value is -2.61. The predicted octanol–water partition coefficient (Wildman–Crippen LogP) is 2.48. The lowest BCUT2D eigenvalue weighted by Gasteiger charge is -2.40. The highest BCUT2D eigenvalue weighted by atomic mass is 32.1. The number of amides is 2. The minimum absolute atomic E-state index is 0.136. The second kappa shape index (κ2) is 15.0. The van der Waals surface area contributed by atoms with Gasteiger partial charge >= 0.3 is 0 Å². The van der Waals surface area contributed by atoms with Gasteiger partial charge in [-0.15, -0.1) is 0 Å². The summed E-state index contributed by atoms with van der Waals surface area (Å²) in [5.41, 5.74) is -3.16. The Morgan fingerprint density at radius 3 is 2.00 bits per heavy atom. The molecule has 0 aliphatic carbocycles. The molecule has 0 aliphatic heterocycles. The summed E-state index contributed by atoms with van der Waals surface area (Å²) in [5, 5.41) is 56.1. The van der Waals surface area contributed by atoms with Gasteiger partial charge in [0.1, 0.15) is 29.9 Å². The molecule has 6 unspecified atom stereocenters. The van der Waals surface area contributed by atoms with Gasteiger partial charge in [-0.1, -0.05) is 20.8 Å². The molecule has 2 aromatic rings. The number of aliphatic hydroxyl groups is 5. The highest BCUT2D eigenvalue weighted by molar-refractivity contribution is 7.80. The van der Waals surface area contributed by atoms with Gasteiger partial charge in [0.2, 0.25) is 0 Å². The number of halogens is 2. The molecule has 0 bridgehead atoms. The van der Waals surface area contributed by atoms with Crippen LogP contribution in [-0.2, 0) is 0 Å². The van der Waals surface area contributed by atoms with Gasteiger partial charge in [-0.05, 0) is 67.6 Å². The molecule has 12 heteroatoms. The summed E-state index contributed by atoms with van der Waals surface area (Å²) >= 11 is 4.12. The zero-order valence-corrected chi connectivity index (χ0v) is 24.5. The summed E-state index contributed by atoms with van der Waals surface area (Å²) in [6, 6.07) is 6.12. The van der Waals surface area contributed by atoms with Crippen molar-refractivity contribution in [2.24, 2.45) is 0 Å². The predicted molar refractivity (Wildman–Crippen MR) is 152 cm³/mol. The van der Waals surface area contributed by atoms with Gasteiger partial charge < -0.3 is 35.7 Å². The molecule has 41 heavy (non-hydrogen) atoms. The number of nitrogens with one attached hydrogen (secondary N) is 1. The number of aliphatic hydroxyl groups excluding tert-OH is 4. The van der Waals surface area contributed by atoms with Gasteiger partial charge in [0, 0.05) is 35.5 Å². The number of rotatable bonds is 14. The van der Waals surface area contributed by atoms with Crippen molar-refractivity contribution < 1.29 is 43.9 Å². The monoisotopic (exact) mass is 598 g/mol. The number of thiol groups is 1. The minimum atomic E-state index is -3.16. The zero-order chi connectivity index (χ0) is 31.1. The Labute approximate surface area is 244 Å². The zero-order valence-electron chi connectivity index (χ0n) is 23.6. The quantitative estimate of drug-likeness (QED) is 0.130. The summed E-state index contributed by atoms with van der Waals surface area (Å²) in [6.07, 6.45) is -7.34. The topological polar surface area (TPSA) is 151 Å². The highest BCUT2D eigenvalue weighted by Crippen LogP contribution is 2.31. The normalized spacial score (nSPS) is 16.7. The molecular formula is C29H40F2N2O7S. The van der Waals surface area contributed by atoms with Crippen molar-refractivity contribution in [3.8, 4) is 0 Å². The van der Waals surface area contributed by atoms with E-state index in [9.17, 15) is 43.9 Å². The van der Waals surface area contributed by atoms with Crippen LogP contribution in [0.3, 0.4) is 0 Å². The van der Waals surface area contributed by atoms with Crippen molar-refractivity contribution in [2.75, 3.05) is 13.1 Å². The Kier molecular flexibility index (Phi) is 12.7. The molecule has 0 aromatic heterocycles. The first-order chi connectivity index (χ1) is 19.1. The average Bonchev–Trinajstić information content (AvgIpc) is 2.89. The maximum absolute atomic E-state index is 14.0. The van der Waals surface area contributed by atoms with Crippen LogP contribution in [0.1, 0.15) is 78.0 Å². The molecule has 0 spiro atoms. The van der Waals surface area contributed by atoms with E-state index in [4.69, 9.17) is 0 Å². The van der Waals surface area contributed by atoms with E-state index < -0.39 is 58.5 Å². The van der Waals surface area contributed by atoms with E-state index in [1.165, 1.54) is 12.1 Å². The van der Waals surface area contributed by atoms with Crippen molar-refractivity contribution in [3.05, 3.63) is 70.3 Å². The molecule has 6 atom stereocenters. The molecule has 2 amide bonds. The average molecular weight is 599 g/mol. The third kappa shape index (κ3) is 8.94. The molecule has 2 rings (SSSR count).